The van der Waals surface area contributed by atoms with Crippen LogP contribution in [0.5, 0.6) is 0 Å². The highest BCUT2D eigenvalue weighted by atomic mass is 16.6. The molecule has 0 fully saturated rings. The zero-order valence-electron chi connectivity index (χ0n) is 16.1. The van der Waals surface area contributed by atoms with Crippen molar-refractivity contribution < 1.29 is 18.8 Å². The molecule has 5 heteroatoms. The van der Waals surface area contributed by atoms with E-state index < -0.39 is 7.12 Å². The van der Waals surface area contributed by atoms with Crippen LogP contribution < -0.4 is 5.46 Å². The van der Waals surface area contributed by atoms with E-state index in [0.29, 0.717) is 13.0 Å². The van der Waals surface area contributed by atoms with E-state index >= 15 is 0 Å². The quantitative estimate of drug-likeness (QED) is 0.540. The van der Waals surface area contributed by atoms with Gasteiger partial charge in [0.25, 0.3) is 0 Å². The first-order valence-electron chi connectivity index (χ1n) is 8.71. The van der Waals surface area contributed by atoms with Crippen LogP contribution >= 0.6 is 0 Å². The van der Waals surface area contributed by atoms with Crippen molar-refractivity contribution in [2.45, 2.75) is 66.6 Å². The molecule has 1 aromatic rings. The van der Waals surface area contributed by atoms with E-state index in [4.69, 9.17) is 14.0 Å². The van der Waals surface area contributed by atoms with Crippen molar-refractivity contribution in [2.24, 2.45) is 5.92 Å². The molecule has 0 aliphatic carbocycles. The average Bonchev–Trinajstić information content (AvgIpc) is 2.45. The van der Waals surface area contributed by atoms with E-state index in [0.717, 1.165) is 11.0 Å². The maximum absolute atomic E-state index is 11.7. The lowest BCUT2D eigenvalue weighted by Crippen LogP contribution is -2.44. The molecule has 0 saturated heterocycles. The summed E-state index contributed by atoms with van der Waals surface area (Å²) < 4.78 is 17.0. The van der Waals surface area contributed by atoms with Crippen LogP contribution in [0.25, 0.3) is 0 Å². The number of carbonyl (C=O) groups is 1. The van der Waals surface area contributed by atoms with Crippen molar-refractivity contribution in [1.29, 1.82) is 0 Å². The summed E-state index contributed by atoms with van der Waals surface area (Å²) in [5.41, 5.74) is 1.78. The maximum atomic E-state index is 11.7. The van der Waals surface area contributed by atoms with Gasteiger partial charge in [-0.2, -0.15) is 0 Å². The number of ether oxygens (including phenoxy) is 1. The Morgan fingerprint density at radius 3 is 2.17 bits per heavy atom. The first kappa shape index (κ1) is 20.7. The molecule has 4 nitrogen and oxygen atoms in total. The third-order valence-corrected chi connectivity index (χ3v) is 3.34. The minimum Gasteiger partial charge on any atom is -0.466 e. The van der Waals surface area contributed by atoms with Crippen molar-refractivity contribution in [3.05, 3.63) is 29.8 Å². The van der Waals surface area contributed by atoms with Crippen LogP contribution in [0.15, 0.2) is 24.3 Å². The van der Waals surface area contributed by atoms with E-state index in [1.807, 2.05) is 72.7 Å². The molecule has 0 aromatic heterocycles. The highest BCUT2D eigenvalue weighted by Gasteiger charge is 2.28. The zero-order valence-corrected chi connectivity index (χ0v) is 16.1. The number of esters is 1. The average molecular weight is 334 g/mol. The Balaban J connectivity index is 2.80. The Labute approximate surface area is 147 Å². The molecule has 0 radical (unpaired) electrons. The minimum absolute atomic E-state index is 0.0702. The molecule has 0 N–H and O–H groups in total. The van der Waals surface area contributed by atoms with E-state index in [9.17, 15) is 4.79 Å². The highest BCUT2D eigenvalue weighted by molar-refractivity contribution is 6.61. The lowest BCUT2D eigenvalue weighted by Gasteiger charge is -2.26. The summed E-state index contributed by atoms with van der Waals surface area (Å²) in [6.45, 7) is 14.2. The van der Waals surface area contributed by atoms with Crippen molar-refractivity contribution in [3.8, 4) is 0 Å². The number of hydrogen-bond donors (Lipinski definition) is 0. The summed E-state index contributed by atoms with van der Waals surface area (Å²) in [5, 5.41) is 0. The van der Waals surface area contributed by atoms with Gasteiger partial charge >= 0.3 is 13.1 Å². The molecule has 1 unspecified atom stereocenters. The Bertz CT molecular complexity index is 505. The summed E-state index contributed by atoms with van der Waals surface area (Å²) in [5.74, 6) is -0.303. The fraction of sp³-hybridized carbons (Fsp3) is 0.632. The van der Waals surface area contributed by atoms with Crippen LogP contribution in [0.3, 0.4) is 0 Å². The third-order valence-electron chi connectivity index (χ3n) is 3.34. The molecule has 1 aromatic carbocycles. The van der Waals surface area contributed by atoms with Crippen LogP contribution in [0, 0.1) is 5.92 Å². The van der Waals surface area contributed by atoms with Gasteiger partial charge < -0.3 is 14.0 Å². The number of carbonyl (C=O) groups excluding carboxylic acids is 1. The molecule has 0 saturated carbocycles. The van der Waals surface area contributed by atoms with Crippen LogP contribution in [0.2, 0.25) is 0 Å². The first-order valence-corrected chi connectivity index (χ1v) is 8.71. The van der Waals surface area contributed by atoms with Crippen LogP contribution in [-0.4, -0.2) is 31.4 Å². The second kappa shape index (κ2) is 9.23. The van der Waals surface area contributed by atoms with Gasteiger partial charge in [-0.25, -0.2) is 0 Å². The van der Waals surface area contributed by atoms with E-state index in [-0.39, 0.29) is 23.6 Å². The van der Waals surface area contributed by atoms with Crippen LogP contribution in [-0.2, 0) is 25.3 Å². The molecule has 0 spiro atoms. The van der Waals surface area contributed by atoms with Gasteiger partial charge in [-0.1, -0.05) is 31.2 Å². The van der Waals surface area contributed by atoms with Gasteiger partial charge in [-0.3, -0.25) is 4.79 Å². The summed E-state index contributed by atoms with van der Waals surface area (Å²) >= 11 is 0. The van der Waals surface area contributed by atoms with Gasteiger partial charge in [-0.15, -0.1) is 0 Å². The van der Waals surface area contributed by atoms with Gasteiger partial charge in [-0.05, 0) is 59.0 Å². The highest BCUT2D eigenvalue weighted by Crippen LogP contribution is 2.13. The summed E-state index contributed by atoms with van der Waals surface area (Å²) in [7, 11) is -0.401. The predicted molar refractivity (Wildman–Crippen MR) is 98.4 cm³/mol. The summed E-state index contributed by atoms with van der Waals surface area (Å²) in [6.07, 6.45) is 0.732. The van der Waals surface area contributed by atoms with Gasteiger partial charge in [0.1, 0.15) is 0 Å². The van der Waals surface area contributed by atoms with Gasteiger partial charge in [0.15, 0.2) is 0 Å². The smallest absolute Gasteiger partial charge is 0.466 e. The van der Waals surface area contributed by atoms with Crippen molar-refractivity contribution in [3.63, 3.8) is 0 Å². The summed E-state index contributed by atoms with van der Waals surface area (Å²) in [6, 6.07) is 8.06. The van der Waals surface area contributed by atoms with Gasteiger partial charge in [0.05, 0.1) is 12.5 Å². The second-order valence-electron chi connectivity index (χ2n) is 7.35. The molecule has 24 heavy (non-hydrogen) atoms. The molecule has 0 amide bonds. The Morgan fingerprint density at radius 2 is 1.71 bits per heavy atom. The summed E-state index contributed by atoms with van der Waals surface area (Å²) in [4.78, 5) is 11.7. The Kier molecular flexibility index (Phi) is 7.97. The molecule has 0 bridgehead atoms. The number of benzene rings is 1. The zero-order chi connectivity index (χ0) is 18.3. The van der Waals surface area contributed by atoms with E-state index in [1.165, 1.54) is 0 Å². The monoisotopic (exact) mass is 334 g/mol. The number of rotatable bonds is 8. The molecular formula is C19H31BO4. The molecule has 134 valence electrons. The molecule has 0 aliphatic heterocycles. The van der Waals surface area contributed by atoms with Crippen molar-refractivity contribution in [2.75, 3.05) is 6.61 Å². The topological polar surface area (TPSA) is 44.8 Å². The Morgan fingerprint density at radius 1 is 1.12 bits per heavy atom. The first-order chi connectivity index (χ1) is 11.1. The predicted octanol–water partition coefficient (Wildman–Crippen LogP) is 3.36. The van der Waals surface area contributed by atoms with Crippen LogP contribution in [0.4, 0.5) is 0 Å². The maximum Gasteiger partial charge on any atom is 0.494 e. The second-order valence-corrected chi connectivity index (χ2v) is 7.35. The largest absolute Gasteiger partial charge is 0.494 e. The van der Waals surface area contributed by atoms with Crippen molar-refractivity contribution >= 4 is 18.6 Å². The fourth-order valence-corrected chi connectivity index (χ4v) is 2.27. The van der Waals surface area contributed by atoms with Gasteiger partial charge in [0, 0.05) is 11.7 Å². The van der Waals surface area contributed by atoms with Crippen molar-refractivity contribution in [1.82, 2.24) is 0 Å². The Hall–Kier alpha value is -1.33. The van der Waals surface area contributed by atoms with Gasteiger partial charge in [0.2, 0.25) is 0 Å². The standard InChI is InChI=1S/C19H31BO4/c1-8-22-18(21)15(4)13-16-9-11-17(12-10-16)20(23-14(2)3)24-19(5,6)7/h9-12,14-15H,8,13H2,1-7H3. The van der Waals surface area contributed by atoms with E-state index in [1.54, 1.807) is 0 Å². The normalized spacial score (nSPS) is 13.0. The van der Waals surface area contributed by atoms with Crippen LogP contribution in [0.1, 0.15) is 54.0 Å². The molecule has 1 atom stereocenters. The van der Waals surface area contributed by atoms with E-state index in [2.05, 4.69) is 0 Å². The molecule has 0 heterocycles. The fourth-order valence-electron chi connectivity index (χ4n) is 2.27. The number of hydrogen-bond acceptors (Lipinski definition) is 4. The lowest BCUT2D eigenvalue weighted by molar-refractivity contribution is -0.147. The minimum atomic E-state index is -0.401. The lowest BCUT2D eigenvalue weighted by atomic mass is 9.77. The third kappa shape index (κ3) is 7.50. The molecular weight excluding hydrogens is 303 g/mol. The molecule has 0 aliphatic rings. The SMILES string of the molecule is CCOC(=O)C(C)Cc1ccc(B(OC(C)C)OC(C)(C)C)cc1. The molecule has 1 rings (SSSR count).